The van der Waals surface area contributed by atoms with Crippen molar-refractivity contribution in [2.75, 3.05) is 6.54 Å². The lowest BCUT2D eigenvalue weighted by Crippen LogP contribution is -2.45. The number of rotatable bonds is 8. The fraction of sp³-hybridized carbons (Fsp3) is 0.280. The molecule has 0 spiro atoms. The van der Waals surface area contributed by atoms with E-state index in [0.29, 0.717) is 24.2 Å². The molecule has 1 amide bonds. The molecular weight excluding hydrogens is 495 g/mol. The molecule has 1 aromatic heterocycles. The average Bonchev–Trinajstić information content (AvgIpc) is 3.38. The molecule has 7 nitrogen and oxygen atoms in total. The number of halogens is 3. The van der Waals surface area contributed by atoms with Crippen molar-refractivity contribution >= 4 is 15.9 Å². The minimum absolute atomic E-state index is 0.0441. The van der Waals surface area contributed by atoms with Crippen LogP contribution in [0.3, 0.4) is 0 Å². The molecule has 1 aliphatic rings. The number of nitrogens with zero attached hydrogens (tertiary/aromatic N) is 2. The Bertz CT molecular complexity index is 1300. The van der Waals surface area contributed by atoms with E-state index in [9.17, 15) is 26.4 Å². The molecule has 0 bridgehead atoms. The number of alkyl halides is 3. The third-order valence-electron chi connectivity index (χ3n) is 5.80. The molecular formula is C25H24F3N3O4S. The number of carbonyl (C=O) groups excluding carboxylic acids is 1. The highest BCUT2D eigenvalue weighted by Gasteiger charge is 2.39. The van der Waals surface area contributed by atoms with Gasteiger partial charge in [0, 0.05) is 25.5 Å². The Morgan fingerprint density at radius 2 is 1.86 bits per heavy atom. The van der Waals surface area contributed by atoms with Crippen molar-refractivity contribution in [3.63, 3.8) is 0 Å². The SMILES string of the molecule is O=C(NCc1cccc(OCc2ccc(C(F)(F)F)cc2)c1)[C@@H]1CCCN1S(=O)(=O)c1cccnc1. The number of ether oxygens (including phenoxy) is 1. The van der Waals surface area contributed by atoms with Crippen molar-refractivity contribution in [3.8, 4) is 5.75 Å². The molecule has 1 aliphatic heterocycles. The summed E-state index contributed by atoms with van der Waals surface area (Å²) in [7, 11) is -3.84. The van der Waals surface area contributed by atoms with Crippen molar-refractivity contribution in [2.24, 2.45) is 0 Å². The number of aromatic nitrogens is 1. The van der Waals surface area contributed by atoms with Crippen molar-refractivity contribution < 1.29 is 31.1 Å². The molecule has 4 rings (SSSR count). The van der Waals surface area contributed by atoms with Gasteiger partial charge in [0.15, 0.2) is 0 Å². The summed E-state index contributed by atoms with van der Waals surface area (Å²) in [4.78, 5) is 16.8. The minimum Gasteiger partial charge on any atom is -0.489 e. The van der Waals surface area contributed by atoms with Crippen LogP contribution in [0.2, 0.25) is 0 Å². The monoisotopic (exact) mass is 519 g/mol. The van der Waals surface area contributed by atoms with E-state index >= 15 is 0 Å². The second-order valence-corrected chi connectivity index (χ2v) is 10.2. The molecule has 36 heavy (non-hydrogen) atoms. The first-order valence-electron chi connectivity index (χ1n) is 11.2. The molecule has 1 fully saturated rings. The third kappa shape index (κ3) is 6.03. The van der Waals surface area contributed by atoms with Gasteiger partial charge < -0.3 is 10.1 Å². The van der Waals surface area contributed by atoms with Gasteiger partial charge in [0.25, 0.3) is 0 Å². The number of nitrogens with one attached hydrogen (secondary N) is 1. The molecule has 3 aromatic rings. The Balaban J connectivity index is 1.34. The zero-order valence-corrected chi connectivity index (χ0v) is 19.9. The number of hydrogen-bond acceptors (Lipinski definition) is 5. The normalized spacial score (nSPS) is 16.6. The standard InChI is InChI=1S/C25H24F3N3O4S/c26-25(27,28)20-10-8-18(9-11-20)17-35-21-5-1-4-19(14-21)15-30-24(32)23-7-3-13-31(23)36(33,34)22-6-2-12-29-16-22/h1-2,4-6,8-12,14,16,23H,3,7,13,15,17H2,(H,30,32)/t23-/m0/s1. The fourth-order valence-corrected chi connectivity index (χ4v) is 5.55. The first-order valence-corrected chi connectivity index (χ1v) is 12.7. The van der Waals surface area contributed by atoms with Gasteiger partial charge in [0.2, 0.25) is 15.9 Å². The summed E-state index contributed by atoms with van der Waals surface area (Å²) >= 11 is 0. The molecule has 1 saturated heterocycles. The summed E-state index contributed by atoms with van der Waals surface area (Å²) in [6.45, 7) is 0.493. The summed E-state index contributed by atoms with van der Waals surface area (Å²) in [5.74, 6) is 0.0966. The van der Waals surface area contributed by atoms with E-state index in [1.54, 1.807) is 24.3 Å². The topological polar surface area (TPSA) is 88.6 Å². The van der Waals surface area contributed by atoms with Gasteiger partial charge >= 0.3 is 6.18 Å². The fourth-order valence-electron chi connectivity index (χ4n) is 3.93. The Kier molecular flexibility index (Phi) is 7.60. The van der Waals surface area contributed by atoms with E-state index < -0.39 is 33.7 Å². The van der Waals surface area contributed by atoms with Crippen molar-refractivity contribution in [3.05, 3.63) is 89.7 Å². The zero-order chi connectivity index (χ0) is 25.8. The largest absolute Gasteiger partial charge is 0.489 e. The number of benzene rings is 2. The second kappa shape index (κ2) is 10.7. The van der Waals surface area contributed by atoms with Crippen LogP contribution in [0, 0.1) is 0 Å². The summed E-state index contributed by atoms with van der Waals surface area (Å²) in [5.41, 5.74) is 0.587. The maximum absolute atomic E-state index is 13.0. The highest BCUT2D eigenvalue weighted by atomic mass is 32.2. The number of sulfonamides is 1. The molecule has 0 unspecified atom stereocenters. The van der Waals surface area contributed by atoms with Gasteiger partial charge in [-0.05, 0) is 60.4 Å². The van der Waals surface area contributed by atoms with Crippen LogP contribution in [-0.2, 0) is 34.1 Å². The first kappa shape index (κ1) is 25.6. The van der Waals surface area contributed by atoms with E-state index in [1.165, 1.54) is 41.0 Å². The predicted octanol–water partition coefficient (Wildman–Crippen LogP) is 4.15. The Hall–Kier alpha value is -3.44. The molecule has 2 heterocycles. The summed E-state index contributed by atoms with van der Waals surface area (Å²) in [6.07, 6.45) is -0.656. The highest BCUT2D eigenvalue weighted by Crippen LogP contribution is 2.29. The smallest absolute Gasteiger partial charge is 0.416 e. The van der Waals surface area contributed by atoms with E-state index in [-0.39, 0.29) is 24.6 Å². The van der Waals surface area contributed by atoms with Gasteiger partial charge in [0.05, 0.1) is 5.56 Å². The van der Waals surface area contributed by atoms with Crippen LogP contribution in [0.1, 0.15) is 29.5 Å². The lowest BCUT2D eigenvalue weighted by molar-refractivity contribution is -0.137. The molecule has 0 saturated carbocycles. The number of hydrogen-bond donors (Lipinski definition) is 1. The van der Waals surface area contributed by atoms with Crippen LogP contribution in [0.4, 0.5) is 13.2 Å². The van der Waals surface area contributed by atoms with E-state index in [1.807, 2.05) is 0 Å². The maximum atomic E-state index is 13.0. The third-order valence-corrected chi connectivity index (χ3v) is 7.69. The van der Waals surface area contributed by atoms with Crippen molar-refractivity contribution in [1.29, 1.82) is 0 Å². The molecule has 11 heteroatoms. The molecule has 0 aliphatic carbocycles. The highest BCUT2D eigenvalue weighted by molar-refractivity contribution is 7.89. The van der Waals surface area contributed by atoms with E-state index in [0.717, 1.165) is 17.7 Å². The van der Waals surface area contributed by atoms with E-state index in [4.69, 9.17) is 4.74 Å². The Labute approximate surface area is 207 Å². The van der Waals surface area contributed by atoms with Crippen LogP contribution in [0.5, 0.6) is 5.75 Å². The van der Waals surface area contributed by atoms with Crippen LogP contribution in [-0.4, -0.2) is 36.2 Å². The van der Waals surface area contributed by atoms with Crippen molar-refractivity contribution in [1.82, 2.24) is 14.6 Å². The summed E-state index contributed by atoms with van der Waals surface area (Å²) < 4.78 is 70.9. The lowest BCUT2D eigenvalue weighted by atomic mass is 10.1. The number of carbonyl (C=O) groups is 1. The Morgan fingerprint density at radius 1 is 1.08 bits per heavy atom. The molecule has 1 atom stereocenters. The van der Waals surface area contributed by atoms with Gasteiger partial charge in [0.1, 0.15) is 23.3 Å². The number of amides is 1. The minimum atomic E-state index is -4.39. The Morgan fingerprint density at radius 3 is 2.56 bits per heavy atom. The quantitative estimate of drug-likeness (QED) is 0.483. The molecule has 2 aromatic carbocycles. The first-order chi connectivity index (χ1) is 17.1. The summed E-state index contributed by atoms with van der Waals surface area (Å²) in [6, 6.07) is 13.8. The van der Waals surface area contributed by atoms with E-state index in [2.05, 4.69) is 10.3 Å². The van der Waals surface area contributed by atoms with Crippen LogP contribution in [0.15, 0.2) is 78.0 Å². The van der Waals surface area contributed by atoms with Crippen molar-refractivity contribution in [2.45, 2.75) is 43.1 Å². The molecule has 1 N–H and O–H groups in total. The average molecular weight is 520 g/mol. The molecule has 190 valence electrons. The van der Waals surface area contributed by atoms with Gasteiger partial charge in [-0.15, -0.1) is 0 Å². The van der Waals surface area contributed by atoms with Crippen LogP contribution in [0.25, 0.3) is 0 Å². The summed E-state index contributed by atoms with van der Waals surface area (Å²) in [5, 5.41) is 2.79. The van der Waals surface area contributed by atoms with Gasteiger partial charge in [-0.1, -0.05) is 24.3 Å². The maximum Gasteiger partial charge on any atom is 0.416 e. The second-order valence-electron chi connectivity index (χ2n) is 8.31. The van der Waals surface area contributed by atoms with Gasteiger partial charge in [-0.3, -0.25) is 9.78 Å². The van der Waals surface area contributed by atoms with Gasteiger partial charge in [-0.25, -0.2) is 8.42 Å². The predicted molar refractivity (Wildman–Crippen MR) is 125 cm³/mol. The zero-order valence-electron chi connectivity index (χ0n) is 19.1. The van der Waals surface area contributed by atoms with Crippen LogP contribution >= 0.6 is 0 Å². The lowest BCUT2D eigenvalue weighted by Gasteiger charge is -2.23. The van der Waals surface area contributed by atoms with Gasteiger partial charge in [-0.2, -0.15) is 17.5 Å². The number of pyridine rings is 1. The van der Waals surface area contributed by atoms with Crippen LogP contribution < -0.4 is 10.1 Å². The molecule has 0 radical (unpaired) electrons.